The SMILES string of the molecule is CC=N/C(C(=O)OC)=C(\C)N. The summed E-state index contributed by atoms with van der Waals surface area (Å²) >= 11 is 0. The van der Waals surface area contributed by atoms with Crippen molar-refractivity contribution in [2.75, 3.05) is 7.11 Å². The van der Waals surface area contributed by atoms with Crippen molar-refractivity contribution in [3.63, 3.8) is 0 Å². The fraction of sp³-hybridized carbons (Fsp3) is 0.429. The van der Waals surface area contributed by atoms with Crippen molar-refractivity contribution in [2.45, 2.75) is 13.8 Å². The number of ether oxygens (including phenoxy) is 1. The average molecular weight is 156 g/mol. The molecule has 0 aromatic carbocycles. The van der Waals surface area contributed by atoms with Crippen LogP contribution in [0.3, 0.4) is 0 Å². The first-order valence-electron chi connectivity index (χ1n) is 3.16. The number of carbonyl (C=O) groups is 1. The van der Waals surface area contributed by atoms with Crippen molar-refractivity contribution in [3.05, 3.63) is 11.4 Å². The van der Waals surface area contributed by atoms with Crippen LogP contribution in [0.5, 0.6) is 0 Å². The van der Waals surface area contributed by atoms with E-state index in [2.05, 4.69) is 9.73 Å². The van der Waals surface area contributed by atoms with Crippen molar-refractivity contribution in [2.24, 2.45) is 10.7 Å². The first kappa shape index (κ1) is 9.68. The summed E-state index contributed by atoms with van der Waals surface area (Å²) in [5.41, 5.74) is 5.88. The highest BCUT2D eigenvalue weighted by atomic mass is 16.5. The van der Waals surface area contributed by atoms with Crippen molar-refractivity contribution < 1.29 is 9.53 Å². The zero-order valence-electron chi connectivity index (χ0n) is 6.92. The van der Waals surface area contributed by atoms with Gasteiger partial charge in [-0.3, -0.25) is 4.99 Å². The second-order valence-corrected chi connectivity index (χ2v) is 1.91. The molecule has 0 aliphatic heterocycles. The van der Waals surface area contributed by atoms with Gasteiger partial charge in [-0.05, 0) is 13.8 Å². The van der Waals surface area contributed by atoms with Gasteiger partial charge in [0.05, 0.1) is 7.11 Å². The van der Waals surface area contributed by atoms with Crippen LogP contribution < -0.4 is 5.73 Å². The maximum absolute atomic E-state index is 10.9. The van der Waals surface area contributed by atoms with E-state index in [9.17, 15) is 4.79 Å². The second-order valence-electron chi connectivity index (χ2n) is 1.91. The molecule has 0 radical (unpaired) electrons. The van der Waals surface area contributed by atoms with Crippen molar-refractivity contribution >= 4 is 12.2 Å². The molecule has 0 heterocycles. The van der Waals surface area contributed by atoms with E-state index in [1.54, 1.807) is 13.8 Å². The highest BCUT2D eigenvalue weighted by molar-refractivity contribution is 5.90. The van der Waals surface area contributed by atoms with Crippen LogP contribution in [-0.2, 0) is 9.53 Å². The number of rotatable bonds is 2. The highest BCUT2D eigenvalue weighted by Crippen LogP contribution is 2.01. The van der Waals surface area contributed by atoms with Gasteiger partial charge < -0.3 is 10.5 Å². The molecule has 0 fully saturated rings. The largest absolute Gasteiger partial charge is 0.464 e. The molecular weight excluding hydrogens is 144 g/mol. The molecule has 0 saturated heterocycles. The Morgan fingerprint density at radius 3 is 2.45 bits per heavy atom. The molecule has 0 aromatic rings. The van der Waals surface area contributed by atoms with Crippen LogP contribution in [0.15, 0.2) is 16.4 Å². The second kappa shape index (κ2) is 4.49. The third-order valence-corrected chi connectivity index (χ3v) is 1.01. The molecule has 0 amide bonds. The van der Waals surface area contributed by atoms with Gasteiger partial charge in [0.15, 0.2) is 5.70 Å². The van der Waals surface area contributed by atoms with E-state index < -0.39 is 5.97 Å². The van der Waals surface area contributed by atoms with Crippen LogP contribution in [0.25, 0.3) is 0 Å². The third-order valence-electron chi connectivity index (χ3n) is 1.01. The fourth-order valence-electron chi connectivity index (χ4n) is 0.541. The van der Waals surface area contributed by atoms with Gasteiger partial charge in [-0.15, -0.1) is 0 Å². The van der Waals surface area contributed by atoms with Gasteiger partial charge in [0.2, 0.25) is 0 Å². The van der Waals surface area contributed by atoms with E-state index in [1.807, 2.05) is 0 Å². The van der Waals surface area contributed by atoms with E-state index in [0.29, 0.717) is 5.70 Å². The quantitative estimate of drug-likeness (QED) is 0.358. The Balaban J connectivity index is 4.63. The third kappa shape index (κ3) is 2.84. The molecule has 0 aliphatic rings. The Morgan fingerprint density at radius 2 is 2.18 bits per heavy atom. The zero-order chi connectivity index (χ0) is 8.85. The molecule has 0 rings (SSSR count). The van der Waals surface area contributed by atoms with Crippen molar-refractivity contribution in [1.29, 1.82) is 0 Å². The molecular formula is C7H12N2O2. The first-order chi connectivity index (χ1) is 5.13. The zero-order valence-corrected chi connectivity index (χ0v) is 6.92. The summed E-state index contributed by atoms with van der Waals surface area (Å²) < 4.78 is 4.44. The lowest BCUT2D eigenvalue weighted by Crippen LogP contribution is -2.09. The number of nitrogens with two attached hydrogens (primary N) is 1. The van der Waals surface area contributed by atoms with Crippen LogP contribution in [0.1, 0.15) is 13.8 Å². The van der Waals surface area contributed by atoms with E-state index >= 15 is 0 Å². The number of hydrogen-bond acceptors (Lipinski definition) is 4. The lowest BCUT2D eigenvalue weighted by atomic mass is 10.3. The number of allylic oxidation sites excluding steroid dienone is 1. The summed E-state index contributed by atoms with van der Waals surface area (Å²) in [4.78, 5) is 14.6. The Labute approximate surface area is 65.7 Å². The van der Waals surface area contributed by atoms with Gasteiger partial charge in [-0.2, -0.15) is 0 Å². The molecule has 0 spiro atoms. The van der Waals surface area contributed by atoms with Crippen molar-refractivity contribution in [1.82, 2.24) is 0 Å². The maximum atomic E-state index is 10.9. The van der Waals surface area contributed by atoms with Gasteiger partial charge in [-0.25, -0.2) is 4.79 Å². The van der Waals surface area contributed by atoms with Gasteiger partial charge in [-0.1, -0.05) is 0 Å². The van der Waals surface area contributed by atoms with Crippen LogP contribution in [0.2, 0.25) is 0 Å². The summed E-state index contributed by atoms with van der Waals surface area (Å²) in [6.07, 6.45) is 1.49. The predicted octanol–water partition coefficient (Wildman–Crippen LogP) is 0.440. The number of aliphatic imine (C=N–C) groups is 1. The molecule has 62 valence electrons. The van der Waals surface area contributed by atoms with Gasteiger partial charge in [0.25, 0.3) is 0 Å². The Morgan fingerprint density at radius 1 is 1.64 bits per heavy atom. The van der Waals surface area contributed by atoms with Gasteiger partial charge >= 0.3 is 5.97 Å². The lowest BCUT2D eigenvalue weighted by molar-refractivity contribution is -0.136. The van der Waals surface area contributed by atoms with E-state index in [-0.39, 0.29) is 5.70 Å². The van der Waals surface area contributed by atoms with E-state index in [4.69, 9.17) is 5.73 Å². The number of hydrogen-bond donors (Lipinski definition) is 1. The minimum absolute atomic E-state index is 0.162. The first-order valence-corrected chi connectivity index (χ1v) is 3.16. The standard InChI is InChI=1S/C7H12N2O2/c1-4-9-6(5(2)8)7(10)11-3/h4H,8H2,1-3H3/b6-5+,9-4?. The smallest absolute Gasteiger partial charge is 0.358 e. The van der Waals surface area contributed by atoms with Crippen LogP contribution in [0.4, 0.5) is 0 Å². The normalized spacial score (nSPS) is 13.0. The summed E-state index contributed by atoms with van der Waals surface area (Å²) in [6, 6.07) is 0. The number of carbonyl (C=O) groups excluding carboxylic acids is 1. The number of esters is 1. The molecule has 0 atom stereocenters. The number of nitrogens with zero attached hydrogens (tertiary/aromatic N) is 1. The minimum atomic E-state index is -0.511. The van der Waals surface area contributed by atoms with Crippen LogP contribution in [0, 0.1) is 0 Å². The highest BCUT2D eigenvalue weighted by Gasteiger charge is 2.08. The minimum Gasteiger partial charge on any atom is -0.464 e. The monoisotopic (exact) mass is 156 g/mol. The van der Waals surface area contributed by atoms with E-state index in [0.717, 1.165) is 0 Å². The van der Waals surface area contributed by atoms with E-state index in [1.165, 1.54) is 13.3 Å². The molecule has 2 N–H and O–H groups in total. The lowest BCUT2D eigenvalue weighted by Gasteiger charge is -1.99. The molecule has 4 heteroatoms. The Bertz CT molecular complexity index is 202. The summed E-state index contributed by atoms with van der Waals surface area (Å²) in [5.74, 6) is -0.511. The fourth-order valence-corrected chi connectivity index (χ4v) is 0.541. The molecule has 4 nitrogen and oxygen atoms in total. The average Bonchev–Trinajstić information content (AvgIpc) is 1.98. The Kier molecular flexibility index (Phi) is 3.95. The maximum Gasteiger partial charge on any atom is 0.358 e. The number of methoxy groups -OCH3 is 1. The van der Waals surface area contributed by atoms with Crippen molar-refractivity contribution in [3.8, 4) is 0 Å². The van der Waals surface area contributed by atoms with Gasteiger partial charge in [0, 0.05) is 11.9 Å². The molecule has 0 aromatic heterocycles. The molecule has 0 aliphatic carbocycles. The van der Waals surface area contributed by atoms with Gasteiger partial charge in [0.1, 0.15) is 0 Å². The molecule has 0 bridgehead atoms. The molecule has 0 unspecified atom stereocenters. The molecule has 0 saturated carbocycles. The topological polar surface area (TPSA) is 64.7 Å². The summed E-state index contributed by atoms with van der Waals surface area (Å²) in [7, 11) is 1.29. The summed E-state index contributed by atoms with van der Waals surface area (Å²) in [6.45, 7) is 3.30. The predicted molar refractivity (Wildman–Crippen MR) is 43.1 cm³/mol. The Hall–Kier alpha value is -1.32. The summed E-state index contributed by atoms with van der Waals surface area (Å²) in [5, 5.41) is 0. The van der Waals surface area contributed by atoms with Crippen LogP contribution in [-0.4, -0.2) is 19.3 Å². The van der Waals surface area contributed by atoms with Crippen LogP contribution >= 0.6 is 0 Å². The molecule has 11 heavy (non-hydrogen) atoms.